The van der Waals surface area contributed by atoms with Gasteiger partial charge in [0.15, 0.2) is 6.66 Å². The van der Waals surface area contributed by atoms with Gasteiger partial charge in [0.25, 0.3) is 0 Å². The molecule has 0 spiro atoms. The second-order valence-corrected chi connectivity index (χ2v) is 7.52. The van der Waals surface area contributed by atoms with Crippen LogP contribution in [0.25, 0.3) is 0 Å². The number of rotatable bonds is 8. The summed E-state index contributed by atoms with van der Waals surface area (Å²) >= 11 is 0. The standard InChI is InChI=1S/C23H24O2P/c1-26(24)25-19-11-18-23(20-12-5-2-6-13-20,21-14-7-3-8-15-21)22-16-9-4-10-17-22/h2-10,12-17H,11,18-19H2,1H3/q+1. The predicted octanol–water partition coefficient (Wildman–Crippen LogP) is 6.19. The monoisotopic (exact) mass is 363 g/mol. The van der Waals surface area contributed by atoms with Gasteiger partial charge in [0, 0.05) is 5.41 Å². The van der Waals surface area contributed by atoms with E-state index in [2.05, 4.69) is 91.0 Å². The third kappa shape index (κ3) is 4.09. The van der Waals surface area contributed by atoms with Crippen LogP contribution in [-0.4, -0.2) is 13.3 Å². The fourth-order valence-electron chi connectivity index (χ4n) is 3.63. The molecule has 3 heteroatoms. The summed E-state index contributed by atoms with van der Waals surface area (Å²) in [5, 5.41) is 0. The van der Waals surface area contributed by atoms with Gasteiger partial charge in [0.1, 0.15) is 6.61 Å². The maximum absolute atomic E-state index is 11.3. The largest absolute Gasteiger partial charge is 0.504 e. The van der Waals surface area contributed by atoms with Crippen molar-refractivity contribution in [1.29, 1.82) is 0 Å². The van der Waals surface area contributed by atoms with E-state index < -0.39 is 8.03 Å². The van der Waals surface area contributed by atoms with Gasteiger partial charge in [-0.2, -0.15) is 0 Å². The molecule has 0 aliphatic heterocycles. The molecule has 3 aromatic carbocycles. The van der Waals surface area contributed by atoms with Crippen molar-refractivity contribution in [3.05, 3.63) is 108 Å². The number of hydrogen-bond acceptors (Lipinski definition) is 2. The van der Waals surface area contributed by atoms with Crippen molar-refractivity contribution in [3.8, 4) is 0 Å². The molecule has 0 saturated carbocycles. The molecule has 0 aromatic heterocycles. The van der Waals surface area contributed by atoms with Crippen LogP contribution in [0.3, 0.4) is 0 Å². The number of benzene rings is 3. The molecular weight excluding hydrogens is 339 g/mol. The van der Waals surface area contributed by atoms with E-state index in [1.807, 2.05) is 0 Å². The Morgan fingerprint density at radius 2 is 1.12 bits per heavy atom. The van der Waals surface area contributed by atoms with Gasteiger partial charge in [-0.15, -0.1) is 4.52 Å². The maximum Gasteiger partial charge on any atom is 0.504 e. The van der Waals surface area contributed by atoms with Crippen molar-refractivity contribution in [2.24, 2.45) is 0 Å². The lowest BCUT2D eigenvalue weighted by Crippen LogP contribution is -2.29. The van der Waals surface area contributed by atoms with E-state index in [0.29, 0.717) is 6.61 Å². The Balaban J connectivity index is 2.10. The fourth-order valence-corrected chi connectivity index (χ4v) is 4.02. The van der Waals surface area contributed by atoms with Crippen molar-refractivity contribution >= 4 is 8.03 Å². The molecule has 0 heterocycles. The van der Waals surface area contributed by atoms with Gasteiger partial charge in [-0.05, 0) is 34.1 Å². The number of hydrogen-bond donors (Lipinski definition) is 0. The molecule has 0 fully saturated rings. The Hall–Kier alpha value is -2.28. The van der Waals surface area contributed by atoms with Crippen LogP contribution in [0.15, 0.2) is 91.0 Å². The lowest BCUT2D eigenvalue weighted by Gasteiger charge is -2.36. The van der Waals surface area contributed by atoms with E-state index in [4.69, 9.17) is 4.52 Å². The quantitative estimate of drug-likeness (QED) is 0.271. The molecule has 0 amide bonds. The van der Waals surface area contributed by atoms with Crippen LogP contribution < -0.4 is 0 Å². The highest BCUT2D eigenvalue weighted by Gasteiger charge is 2.35. The second-order valence-electron chi connectivity index (χ2n) is 6.38. The van der Waals surface area contributed by atoms with Crippen molar-refractivity contribution in [3.63, 3.8) is 0 Å². The second kappa shape index (κ2) is 8.89. The Kier molecular flexibility index (Phi) is 6.33. The summed E-state index contributed by atoms with van der Waals surface area (Å²) in [6, 6.07) is 31.9. The third-order valence-corrected chi connectivity index (χ3v) is 5.32. The van der Waals surface area contributed by atoms with Gasteiger partial charge in [-0.3, -0.25) is 0 Å². The topological polar surface area (TPSA) is 26.3 Å². The first-order valence-corrected chi connectivity index (χ1v) is 10.6. The molecular formula is C23H24O2P+. The minimum Gasteiger partial charge on any atom is -0.147 e. The fraction of sp³-hybridized carbons (Fsp3) is 0.217. The van der Waals surface area contributed by atoms with Crippen molar-refractivity contribution in [2.45, 2.75) is 18.3 Å². The molecule has 26 heavy (non-hydrogen) atoms. The molecule has 132 valence electrons. The lowest BCUT2D eigenvalue weighted by molar-refractivity contribution is 0.310. The smallest absolute Gasteiger partial charge is 0.147 e. The summed E-state index contributed by atoms with van der Waals surface area (Å²) in [4.78, 5) is 0. The summed E-state index contributed by atoms with van der Waals surface area (Å²) in [6.07, 6.45) is 1.71. The normalized spacial score (nSPS) is 12.0. The zero-order valence-electron chi connectivity index (χ0n) is 15.0. The zero-order valence-corrected chi connectivity index (χ0v) is 15.9. The Morgan fingerprint density at radius 1 is 0.731 bits per heavy atom. The van der Waals surface area contributed by atoms with Crippen LogP contribution in [0.2, 0.25) is 0 Å². The van der Waals surface area contributed by atoms with E-state index in [-0.39, 0.29) is 5.41 Å². The van der Waals surface area contributed by atoms with Crippen LogP contribution in [0.5, 0.6) is 0 Å². The van der Waals surface area contributed by atoms with Crippen molar-refractivity contribution < 1.29 is 9.09 Å². The summed E-state index contributed by atoms with van der Waals surface area (Å²) < 4.78 is 16.7. The molecule has 0 saturated heterocycles. The molecule has 1 unspecified atom stereocenters. The molecule has 0 aliphatic rings. The van der Waals surface area contributed by atoms with Gasteiger partial charge < -0.3 is 0 Å². The summed E-state index contributed by atoms with van der Waals surface area (Å²) in [5.74, 6) is 0. The van der Waals surface area contributed by atoms with Crippen LogP contribution in [-0.2, 0) is 14.5 Å². The summed E-state index contributed by atoms with van der Waals surface area (Å²) in [7, 11) is -1.56. The molecule has 0 aliphatic carbocycles. The minimum atomic E-state index is -1.56. The molecule has 0 radical (unpaired) electrons. The maximum atomic E-state index is 11.3. The van der Waals surface area contributed by atoms with Crippen molar-refractivity contribution in [1.82, 2.24) is 0 Å². The first-order valence-electron chi connectivity index (χ1n) is 8.94. The van der Waals surface area contributed by atoms with Gasteiger partial charge in [-0.25, -0.2) is 0 Å². The molecule has 3 rings (SSSR count). The zero-order chi connectivity index (χ0) is 18.2. The van der Waals surface area contributed by atoms with E-state index >= 15 is 0 Å². The van der Waals surface area contributed by atoms with E-state index in [9.17, 15) is 4.57 Å². The highest BCUT2D eigenvalue weighted by atomic mass is 31.1. The first kappa shape index (κ1) is 18.5. The molecule has 1 atom stereocenters. The van der Waals surface area contributed by atoms with E-state index in [1.165, 1.54) is 16.7 Å². The first-order chi connectivity index (χ1) is 12.7. The Morgan fingerprint density at radius 3 is 1.46 bits per heavy atom. The van der Waals surface area contributed by atoms with Crippen LogP contribution >= 0.6 is 8.03 Å². The third-order valence-electron chi connectivity index (χ3n) is 4.77. The van der Waals surface area contributed by atoms with Gasteiger partial charge in [-0.1, -0.05) is 91.0 Å². The SMILES string of the molecule is C[P+](=O)OCCCC(c1ccccc1)(c1ccccc1)c1ccccc1. The summed E-state index contributed by atoms with van der Waals surface area (Å²) in [5.41, 5.74) is 3.53. The molecule has 3 aromatic rings. The van der Waals surface area contributed by atoms with E-state index in [0.717, 1.165) is 12.8 Å². The van der Waals surface area contributed by atoms with Gasteiger partial charge in [0.05, 0.1) is 0 Å². The lowest BCUT2D eigenvalue weighted by atomic mass is 9.67. The predicted molar refractivity (Wildman–Crippen MR) is 108 cm³/mol. The van der Waals surface area contributed by atoms with Crippen LogP contribution in [0.4, 0.5) is 0 Å². The molecule has 0 bridgehead atoms. The van der Waals surface area contributed by atoms with Crippen LogP contribution in [0.1, 0.15) is 29.5 Å². The average Bonchev–Trinajstić information content (AvgIpc) is 2.70. The Labute approximate surface area is 156 Å². The van der Waals surface area contributed by atoms with Gasteiger partial charge in [0.2, 0.25) is 0 Å². The van der Waals surface area contributed by atoms with E-state index in [1.54, 1.807) is 6.66 Å². The minimum absolute atomic E-state index is 0.257. The van der Waals surface area contributed by atoms with Crippen molar-refractivity contribution in [2.75, 3.05) is 13.3 Å². The van der Waals surface area contributed by atoms with Crippen LogP contribution in [0, 0.1) is 0 Å². The Bertz CT molecular complexity index is 720. The highest BCUT2D eigenvalue weighted by Crippen LogP contribution is 2.43. The molecule has 2 nitrogen and oxygen atoms in total. The summed E-state index contributed by atoms with van der Waals surface area (Å²) in [6.45, 7) is 2.11. The molecule has 0 N–H and O–H groups in total. The average molecular weight is 363 g/mol. The highest BCUT2D eigenvalue weighted by molar-refractivity contribution is 7.38. The van der Waals surface area contributed by atoms with Gasteiger partial charge >= 0.3 is 8.03 Å².